The SMILES string of the molecule is Cc1ccc(NCC(=O)N/N=C\c2ccc(OCc3ccccc3)c(Br)c2)cc1. The van der Waals surface area contributed by atoms with Gasteiger partial charge in [0.25, 0.3) is 5.91 Å². The van der Waals surface area contributed by atoms with Crippen molar-refractivity contribution in [2.24, 2.45) is 5.10 Å². The van der Waals surface area contributed by atoms with Crippen LogP contribution in [0.15, 0.2) is 82.4 Å². The number of aryl methyl sites for hydroxylation is 1. The number of hydrogen-bond acceptors (Lipinski definition) is 4. The average molecular weight is 452 g/mol. The zero-order chi connectivity index (χ0) is 20.5. The number of benzene rings is 3. The Morgan fingerprint density at radius 1 is 1.07 bits per heavy atom. The summed E-state index contributed by atoms with van der Waals surface area (Å²) in [6, 6.07) is 23.5. The van der Waals surface area contributed by atoms with E-state index in [2.05, 4.69) is 31.8 Å². The van der Waals surface area contributed by atoms with E-state index in [1.807, 2.05) is 79.7 Å². The van der Waals surface area contributed by atoms with Crippen molar-refractivity contribution < 1.29 is 9.53 Å². The van der Waals surface area contributed by atoms with E-state index in [0.29, 0.717) is 6.61 Å². The molecule has 29 heavy (non-hydrogen) atoms. The van der Waals surface area contributed by atoms with E-state index in [4.69, 9.17) is 4.74 Å². The molecule has 148 valence electrons. The van der Waals surface area contributed by atoms with Gasteiger partial charge in [0.1, 0.15) is 12.4 Å². The van der Waals surface area contributed by atoms with Gasteiger partial charge in [-0.05, 0) is 64.3 Å². The molecule has 6 heteroatoms. The van der Waals surface area contributed by atoms with Crippen LogP contribution in [0.4, 0.5) is 5.69 Å². The Balaban J connectivity index is 1.46. The highest BCUT2D eigenvalue weighted by Gasteiger charge is 2.03. The quantitative estimate of drug-likeness (QED) is 0.378. The lowest BCUT2D eigenvalue weighted by Gasteiger charge is -2.09. The molecule has 0 saturated heterocycles. The summed E-state index contributed by atoms with van der Waals surface area (Å²) in [5.74, 6) is 0.529. The van der Waals surface area contributed by atoms with Crippen LogP contribution in [0.1, 0.15) is 16.7 Å². The molecule has 3 aromatic rings. The molecule has 0 aliphatic carbocycles. The minimum absolute atomic E-state index is 0.149. The van der Waals surface area contributed by atoms with E-state index >= 15 is 0 Å². The summed E-state index contributed by atoms with van der Waals surface area (Å²) in [5, 5.41) is 7.06. The number of hydrazone groups is 1. The van der Waals surface area contributed by atoms with Gasteiger partial charge in [-0.2, -0.15) is 5.10 Å². The summed E-state index contributed by atoms with van der Waals surface area (Å²) in [6.07, 6.45) is 1.59. The summed E-state index contributed by atoms with van der Waals surface area (Å²) in [7, 11) is 0. The molecule has 0 unspecified atom stereocenters. The lowest BCUT2D eigenvalue weighted by atomic mass is 10.2. The summed E-state index contributed by atoms with van der Waals surface area (Å²) in [6.45, 7) is 2.67. The van der Waals surface area contributed by atoms with Crippen LogP contribution in [-0.4, -0.2) is 18.7 Å². The first-order valence-corrected chi connectivity index (χ1v) is 9.98. The molecule has 0 bridgehead atoms. The van der Waals surface area contributed by atoms with E-state index < -0.39 is 0 Å². The second-order valence-corrected chi connectivity index (χ2v) is 7.33. The van der Waals surface area contributed by atoms with Crippen molar-refractivity contribution >= 4 is 33.7 Å². The highest BCUT2D eigenvalue weighted by Crippen LogP contribution is 2.26. The monoisotopic (exact) mass is 451 g/mol. The van der Waals surface area contributed by atoms with Crippen molar-refractivity contribution in [1.82, 2.24) is 5.43 Å². The van der Waals surface area contributed by atoms with E-state index in [-0.39, 0.29) is 12.5 Å². The van der Waals surface area contributed by atoms with Gasteiger partial charge in [-0.15, -0.1) is 0 Å². The molecule has 0 aromatic heterocycles. The number of halogens is 1. The first kappa shape index (κ1) is 20.6. The second kappa shape index (κ2) is 10.4. The lowest BCUT2D eigenvalue weighted by molar-refractivity contribution is -0.119. The maximum atomic E-state index is 11.9. The van der Waals surface area contributed by atoms with E-state index in [1.165, 1.54) is 5.56 Å². The maximum absolute atomic E-state index is 11.9. The number of ether oxygens (including phenoxy) is 1. The predicted octanol–water partition coefficient (Wildman–Crippen LogP) is 4.90. The topological polar surface area (TPSA) is 62.7 Å². The number of rotatable bonds is 8. The standard InChI is InChI=1S/C23H22BrN3O2/c1-17-7-10-20(11-8-17)25-15-23(28)27-26-14-19-9-12-22(21(24)13-19)29-16-18-5-3-2-4-6-18/h2-14,25H,15-16H2,1H3,(H,27,28)/b26-14-. The molecule has 0 aliphatic rings. The fourth-order valence-electron chi connectivity index (χ4n) is 2.52. The molecular weight excluding hydrogens is 430 g/mol. The van der Waals surface area contributed by atoms with Gasteiger partial charge >= 0.3 is 0 Å². The van der Waals surface area contributed by atoms with Gasteiger partial charge < -0.3 is 10.1 Å². The Labute approximate surface area is 178 Å². The number of carbonyl (C=O) groups excluding carboxylic acids is 1. The average Bonchev–Trinajstić information content (AvgIpc) is 2.73. The molecule has 2 N–H and O–H groups in total. The second-order valence-electron chi connectivity index (χ2n) is 6.48. The van der Waals surface area contributed by atoms with Crippen molar-refractivity contribution in [2.45, 2.75) is 13.5 Å². The number of nitrogens with zero attached hydrogens (tertiary/aromatic N) is 1. The minimum Gasteiger partial charge on any atom is -0.488 e. The van der Waals surface area contributed by atoms with E-state index in [9.17, 15) is 4.79 Å². The highest BCUT2D eigenvalue weighted by atomic mass is 79.9. The van der Waals surface area contributed by atoms with Crippen LogP contribution < -0.4 is 15.5 Å². The number of carbonyl (C=O) groups is 1. The number of amides is 1. The van der Waals surface area contributed by atoms with Crippen LogP contribution in [0, 0.1) is 6.92 Å². The molecule has 3 aromatic carbocycles. The fourth-order valence-corrected chi connectivity index (χ4v) is 3.03. The Morgan fingerprint density at radius 3 is 2.55 bits per heavy atom. The van der Waals surface area contributed by atoms with E-state index in [0.717, 1.165) is 27.0 Å². The first-order chi connectivity index (χ1) is 14.1. The Bertz CT molecular complexity index is 973. The van der Waals surface area contributed by atoms with Gasteiger partial charge in [0.05, 0.1) is 17.2 Å². The number of hydrogen-bond donors (Lipinski definition) is 2. The Hall–Kier alpha value is -3.12. The molecule has 0 spiro atoms. The molecule has 3 rings (SSSR count). The zero-order valence-corrected chi connectivity index (χ0v) is 17.6. The van der Waals surface area contributed by atoms with Gasteiger partial charge in [0.2, 0.25) is 0 Å². The molecule has 5 nitrogen and oxygen atoms in total. The largest absolute Gasteiger partial charge is 0.488 e. The Kier molecular flexibility index (Phi) is 7.41. The molecule has 0 heterocycles. The van der Waals surface area contributed by atoms with Crippen molar-refractivity contribution in [1.29, 1.82) is 0 Å². The molecule has 0 saturated carbocycles. The summed E-state index contributed by atoms with van der Waals surface area (Å²) in [4.78, 5) is 11.9. The molecule has 0 fully saturated rings. The molecule has 0 aliphatic heterocycles. The smallest absolute Gasteiger partial charge is 0.259 e. The molecule has 0 atom stereocenters. The van der Waals surface area contributed by atoms with Crippen molar-refractivity contribution in [2.75, 3.05) is 11.9 Å². The lowest BCUT2D eigenvalue weighted by Crippen LogP contribution is -2.25. The van der Waals surface area contributed by atoms with Crippen LogP contribution in [0.3, 0.4) is 0 Å². The van der Waals surface area contributed by atoms with Crippen LogP contribution in [0.2, 0.25) is 0 Å². The van der Waals surface area contributed by atoms with Crippen molar-refractivity contribution in [3.63, 3.8) is 0 Å². The van der Waals surface area contributed by atoms with Crippen molar-refractivity contribution in [3.05, 3.63) is 94.0 Å². The third-order valence-electron chi connectivity index (χ3n) is 4.10. The van der Waals surface area contributed by atoms with Gasteiger partial charge in [-0.3, -0.25) is 4.79 Å². The first-order valence-electron chi connectivity index (χ1n) is 9.19. The summed E-state index contributed by atoms with van der Waals surface area (Å²) < 4.78 is 6.66. The van der Waals surface area contributed by atoms with Crippen LogP contribution in [0.25, 0.3) is 0 Å². The molecule has 1 amide bonds. The van der Waals surface area contributed by atoms with Gasteiger partial charge in [-0.1, -0.05) is 48.0 Å². The third kappa shape index (κ3) is 6.76. The van der Waals surface area contributed by atoms with Gasteiger partial charge in [-0.25, -0.2) is 5.43 Å². The summed E-state index contributed by atoms with van der Waals surface area (Å²) in [5.41, 5.74) is 6.53. The zero-order valence-electron chi connectivity index (χ0n) is 16.1. The van der Waals surface area contributed by atoms with Crippen LogP contribution >= 0.6 is 15.9 Å². The molecular formula is C23H22BrN3O2. The minimum atomic E-state index is -0.219. The van der Waals surface area contributed by atoms with Crippen molar-refractivity contribution in [3.8, 4) is 5.75 Å². The predicted molar refractivity (Wildman–Crippen MR) is 120 cm³/mol. The van der Waals surface area contributed by atoms with Gasteiger partial charge in [0.15, 0.2) is 0 Å². The third-order valence-corrected chi connectivity index (χ3v) is 4.72. The van der Waals surface area contributed by atoms with Crippen LogP contribution in [-0.2, 0) is 11.4 Å². The van der Waals surface area contributed by atoms with Crippen LogP contribution in [0.5, 0.6) is 5.75 Å². The van der Waals surface area contributed by atoms with E-state index in [1.54, 1.807) is 6.21 Å². The Morgan fingerprint density at radius 2 is 1.83 bits per heavy atom. The maximum Gasteiger partial charge on any atom is 0.259 e. The highest BCUT2D eigenvalue weighted by molar-refractivity contribution is 9.10. The normalized spacial score (nSPS) is 10.7. The molecule has 0 radical (unpaired) electrons. The number of nitrogens with one attached hydrogen (secondary N) is 2. The summed E-state index contributed by atoms with van der Waals surface area (Å²) >= 11 is 3.51. The number of anilines is 1. The van der Waals surface area contributed by atoms with Gasteiger partial charge in [0, 0.05) is 5.69 Å². The fraction of sp³-hybridized carbons (Fsp3) is 0.130.